The second-order valence-electron chi connectivity index (χ2n) is 3.68. The Hall–Kier alpha value is -1.37. The third kappa shape index (κ3) is 4.48. The summed E-state index contributed by atoms with van der Waals surface area (Å²) >= 11 is 5.88. The summed E-state index contributed by atoms with van der Waals surface area (Å²) in [7, 11) is 1.59. The normalized spacial score (nSPS) is 13.3. The van der Waals surface area contributed by atoms with Crippen LogP contribution >= 0.6 is 11.6 Å². The molecule has 18 heavy (non-hydrogen) atoms. The van der Waals surface area contributed by atoms with Crippen LogP contribution < -0.4 is 16.6 Å². The summed E-state index contributed by atoms with van der Waals surface area (Å²) in [6.07, 6.45) is 0. The van der Waals surface area contributed by atoms with Gasteiger partial charge in [0.25, 0.3) is 0 Å². The number of hydrogen-bond donors (Lipinski definition) is 3. The van der Waals surface area contributed by atoms with Crippen molar-refractivity contribution in [3.05, 3.63) is 29.0 Å². The number of aliphatic imine (C=N–C) groups is 1. The first-order chi connectivity index (χ1) is 8.56. The van der Waals surface area contributed by atoms with Crippen LogP contribution in [0.15, 0.2) is 23.2 Å². The summed E-state index contributed by atoms with van der Waals surface area (Å²) in [6.45, 7) is 2.33. The van der Waals surface area contributed by atoms with Gasteiger partial charge in [0, 0.05) is 7.11 Å². The highest BCUT2D eigenvalue weighted by molar-refractivity contribution is 6.33. The Morgan fingerprint density at radius 2 is 2.33 bits per heavy atom. The molecule has 4 N–H and O–H groups in total. The van der Waals surface area contributed by atoms with E-state index in [1.807, 2.05) is 6.92 Å². The van der Waals surface area contributed by atoms with Gasteiger partial charge in [-0.1, -0.05) is 11.6 Å². The quantitative estimate of drug-likeness (QED) is 0.339. The molecule has 0 aromatic heterocycles. The molecule has 1 atom stereocenters. The standard InChI is InChI=1S/C11H16ClFN4O/c1-7(6-18-2)15-11(17-14)16-10-4-3-8(13)5-9(10)12/h3-5,7H,6,14H2,1-2H3,(H2,15,16,17). The summed E-state index contributed by atoms with van der Waals surface area (Å²) in [5.74, 6) is 5.27. The van der Waals surface area contributed by atoms with Crippen LogP contribution in [-0.2, 0) is 4.74 Å². The highest BCUT2D eigenvalue weighted by atomic mass is 35.5. The molecule has 1 aromatic carbocycles. The number of anilines is 1. The molecular formula is C11H16ClFN4O. The average molecular weight is 275 g/mol. The molecule has 0 aliphatic heterocycles. The van der Waals surface area contributed by atoms with E-state index in [1.165, 1.54) is 18.2 Å². The van der Waals surface area contributed by atoms with Gasteiger partial charge in [-0.15, -0.1) is 0 Å². The number of nitrogens with zero attached hydrogens (tertiary/aromatic N) is 1. The second-order valence-corrected chi connectivity index (χ2v) is 4.08. The van der Waals surface area contributed by atoms with Gasteiger partial charge in [-0.2, -0.15) is 0 Å². The molecule has 0 aliphatic carbocycles. The van der Waals surface area contributed by atoms with Crippen molar-refractivity contribution in [1.29, 1.82) is 0 Å². The predicted molar refractivity (Wildman–Crippen MR) is 71.1 cm³/mol. The summed E-state index contributed by atoms with van der Waals surface area (Å²) in [6, 6.07) is 3.93. The SMILES string of the molecule is COCC(C)N=C(NN)Nc1ccc(F)cc1Cl. The summed E-state index contributed by atoms with van der Waals surface area (Å²) in [5.41, 5.74) is 2.93. The summed E-state index contributed by atoms with van der Waals surface area (Å²) in [4.78, 5) is 4.24. The minimum atomic E-state index is -0.405. The van der Waals surface area contributed by atoms with Gasteiger partial charge in [0.05, 0.1) is 23.4 Å². The van der Waals surface area contributed by atoms with Crippen molar-refractivity contribution in [2.45, 2.75) is 13.0 Å². The number of hydrazine groups is 1. The van der Waals surface area contributed by atoms with Gasteiger partial charge in [0.2, 0.25) is 5.96 Å². The first-order valence-corrected chi connectivity index (χ1v) is 5.70. The molecule has 0 amide bonds. The number of nitrogens with two attached hydrogens (primary N) is 1. The monoisotopic (exact) mass is 274 g/mol. The smallest absolute Gasteiger partial charge is 0.210 e. The number of benzene rings is 1. The van der Waals surface area contributed by atoms with Crippen LogP contribution in [0, 0.1) is 5.82 Å². The maximum atomic E-state index is 12.9. The zero-order valence-electron chi connectivity index (χ0n) is 10.2. The minimum absolute atomic E-state index is 0.0761. The van der Waals surface area contributed by atoms with Gasteiger partial charge in [-0.25, -0.2) is 15.2 Å². The summed E-state index contributed by atoms with van der Waals surface area (Å²) < 4.78 is 17.8. The highest BCUT2D eigenvalue weighted by Crippen LogP contribution is 2.22. The lowest BCUT2D eigenvalue weighted by Gasteiger charge is -2.13. The lowest BCUT2D eigenvalue weighted by Crippen LogP contribution is -2.37. The third-order valence-electron chi connectivity index (χ3n) is 2.08. The molecule has 1 aromatic rings. The fourth-order valence-electron chi connectivity index (χ4n) is 1.32. The largest absolute Gasteiger partial charge is 0.382 e. The molecule has 7 heteroatoms. The Bertz CT molecular complexity index is 428. The molecule has 0 saturated carbocycles. The average Bonchev–Trinajstić information content (AvgIpc) is 2.31. The zero-order valence-corrected chi connectivity index (χ0v) is 11.0. The van der Waals surface area contributed by atoms with Crippen molar-refractivity contribution in [2.75, 3.05) is 19.0 Å². The number of nitrogens with one attached hydrogen (secondary N) is 2. The Morgan fingerprint density at radius 3 is 2.89 bits per heavy atom. The molecular weight excluding hydrogens is 259 g/mol. The van der Waals surface area contributed by atoms with Gasteiger partial charge in [0.1, 0.15) is 5.82 Å². The van der Waals surface area contributed by atoms with Crippen LogP contribution in [-0.4, -0.2) is 25.7 Å². The van der Waals surface area contributed by atoms with E-state index in [0.29, 0.717) is 18.3 Å². The molecule has 100 valence electrons. The number of methoxy groups -OCH3 is 1. The Balaban J connectivity index is 2.79. The van der Waals surface area contributed by atoms with E-state index >= 15 is 0 Å². The van der Waals surface area contributed by atoms with E-state index in [2.05, 4.69) is 15.7 Å². The molecule has 0 radical (unpaired) electrons. The van der Waals surface area contributed by atoms with Gasteiger partial charge >= 0.3 is 0 Å². The fourth-order valence-corrected chi connectivity index (χ4v) is 1.54. The minimum Gasteiger partial charge on any atom is -0.382 e. The van der Waals surface area contributed by atoms with Crippen LogP contribution in [0.1, 0.15) is 6.92 Å². The van der Waals surface area contributed by atoms with E-state index in [1.54, 1.807) is 7.11 Å². The van der Waals surface area contributed by atoms with Crippen molar-refractivity contribution in [1.82, 2.24) is 5.43 Å². The molecule has 1 unspecified atom stereocenters. The lowest BCUT2D eigenvalue weighted by molar-refractivity contribution is 0.185. The number of rotatable bonds is 4. The third-order valence-corrected chi connectivity index (χ3v) is 2.39. The highest BCUT2D eigenvalue weighted by Gasteiger charge is 2.06. The molecule has 0 saturated heterocycles. The lowest BCUT2D eigenvalue weighted by atomic mass is 10.3. The first-order valence-electron chi connectivity index (χ1n) is 5.32. The number of ether oxygens (including phenoxy) is 1. The molecule has 0 spiro atoms. The molecule has 0 heterocycles. The van der Waals surface area contributed by atoms with E-state index in [-0.39, 0.29) is 11.1 Å². The Morgan fingerprint density at radius 1 is 1.61 bits per heavy atom. The topological polar surface area (TPSA) is 71.7 Å². The predicted octanol–water partition coefficient (Wildman–Crippen LogP) is 1.75. The van der Waals surface area contributed by atoms with Crippen LogP contribution in [0.4, 0.5) is 10.1 Å². The van der Waals surface area contributed by atoms with Gasteiger partial charge in [-0.05, 0) is 25.1 Å². The van der Waals surface area contributed by atoms with Gasteiger partial charge in [-0.3, -0.25) is 5.43 Å². The maximum Gasteiger partial charge on any atom is 0.210 e. The van der Waals surface area contributed by atoms with E-state index in [0.717, 1.165) is 0 Å². The number of guanidine groups is 1. The molecule has 0 fully saturated rings. The molecule has 0 aliphatic rings. The van der Waals surface area contributed by atoms with Crippen molar-refractivity contribution in [3.8, 4) is 0 Å². The van der Waals surface area contributed by atoms with Crippen LogP contribution in [0.3, 0.4) is 0 Å². The first kappa shape index (κ1) is 14.7. The number of halogens is 2. The zero-order chi connectivity index (χ0) is 13.5. The fraction of sp³-hybridized carbons (Fsp3) is 0.364. The molecule has 5 nitrogen and oxygen atoms in total. The van der Waals surface area contributed by atoms with E-state index in [9.17, 15) is 4.39 Å². The Labute approximate surface area is 110 Å². The van der Waals surface area contributed by atoms with E-state index < -0.39 is 5.82 Å². The summed E-state index contributed by atoms with van der Waals surface area (Å²) in [5, 5.41) is 3.12. The molecule has 0 bridgehead atoms. The van der Waals surface area contributed by atoms with Gasteiger partial charge < -0.3 is 10.1 Å². The van der Waals surface area contributed by atoms with E-state index in [4.69, 9.17) is 22.2 Å². The second kappa shape index (κ2) is 7.15. The Kier molecular flexibility index (Phi) is 5.84. The van der Waals surface area contributed by atoms with Crippen LogP contribution in [0.5, 0.6) is 0 Å². The van der Waals surface area contributed by atoms with Crippen molar-refractivity contribution in [2.24, 2.45) is 10.8 Å². The van der Waals surface area contributed by atoms with Crippen molar-refractivity contribution in [3.63, 3.8) is 0 Å². The van der Waals surface area contributed by atoms with Crippen LogP contribution in [0.2, 0.25) is 5.02 Å². The van der Waals surface area contributed by atoms with Crippen molar-refractivity contribution >= 4 is 23.2 Å². The van der Waals surface area contributed by atoms with Crippen molar-refractivity contribution < 1.29 is 9.13 Å². The maximum absolute atomic E-state index is 12.9. The molecule has 1 rings (SSSR count). The number of hydrogen-bond acceptors (Lipinski definition) is 3. The van der Waals surface area contributed by atoms with Gasteiger partial charge in [0.15, 0.2) is 0 Å². The van der Waals surface area contributed by atoms with Crippen LogP contribution in [0.25, 0.3) is 0 Å².